The zero-order valence-electron chi connectivity index (χ0n) is 20.4. The minimum Gasteiger partial charge on any atom is -0.493 e. The number of anilines is 2. The average Bonchev–Trinajstić information content (AvgIpc) is 2.88. The van der Waals surface area contributed by atoms with Gasteiger partial charge >= 0.3 is 7.52 Å². The zero-order valence-corrected chi connectivity index (χ0v) is 22.1. The number of aromatic nitrogens is 2. The summed E-state index contributed by atoms with van der Waals surface area (Å²) in [6, 6.07) is 4.04. The predicted octanol–water partition coefficient (Wildman–Crippen LogP) is 2.60. The number of amidine groups is 1. The van der Waals surface area contributed by atoms with E-state index in [-0.39, 0.29) is 39.4 Å². The molecule has 13 heteroatoms. The number of nitrogens with zero attached hydrogens (tertiary/aromatic N) is 3. The van der Waals surface area contributed by atoms with Crippen LogP contribution in [0.1, 0.15) is 53.5 Å². The average molecular weight is 514 g/mol. The predicted molar refractivity (Wildman–Crippen MR) is 134 cm³/mol. The molecule has 1 unspecified atom stereocenters. The van der Waals surface area contributed by atoms with Crippen LogP contribution in [0.2, 0.25) is 0 Å². The highest BCUT2D eigenvalue weighted by Gasteiger charge is 2.36. The van der Waals surface area contributed by atoms with Gasteiger partial charge < -0.3 is 15.3 Å². The molecule has 1 atom stereocenters. The van der Waals surface area contributed by atoms with Crippen molar-refractivity contribution in [1.29, 1.82) is 0 Å². The largest absolute Gasteiger partial charge is 0.493 e. The first-order valence-electron chi connectivity index (χ1n) is 10.7. The Labute approximate surface area is 199 Å². The Kier molecular flexibility index (Phi) is 6.35. The fourth-order valence-corrected chi connectivity index (χ4v) is 5.50. The number of hydrogen-bond acceptors (Lipinski definition) is 6. The SMILES string of the molecule is CC(C)(C)CCn1c(O)c(C2=NP(=O)(O)c3cc(NS(C)(=O)=O)ccc3N2)c(=O)n1C(C)(C)C. The number of rotatable bonds is 5. The minimum atomic E-state index is -4.40. The first kappa shape index (κ1) is 26.1. The lowest BCUT2D eigenvalue weighted by molar-refractivity contribution is 0.234. The van der Waals surface area contributed by atoms with Crippen LogP contribution in [0.15, 0.2) is 27.8 Å². The van der Waals surface area contributed by atoms with Gasteiger partial charge in [-0.1, -0.05) is 20.8 Å². The normalized spacial score (nSPS) is 18.8. The lowest BCUT2D eigenvalue weighted by Gasteiger charge is -2.26. The molecule has 0 fully saturated rings. The maximum atomic E-state index is 13.4. The van der Waals surface area contributed by atoms with E-state index in [1.165, 1.54) is 27.6 Å². The molecular formula is C21H32N5O6PS. The third kappa shape index (κ3) is 5.39. The van der Waals surface area contributed by atoms with Crippen LogP contribution in [-0.4, -0.2) is 39.9 Å². The summed E-state index contributed by atoms with van der Waals surface area (Å²) in [5.41, 5.74) is -1.23. The molecule has 1 aliphatic rings. The lowest BCUT2D eigenvalue weighted by atomic mass is 9.92. The van der Waals surface area contributed by atoms with Gasteiger partial charge in [-0.25, -0.2) is 13.1 Å². The number of benzene rings is 1. The van der Waals surface area contributed by atoms with Gasteiger partial charge in [0.25, 0.3) is 5.56 Å². The molecule has 0 bridgehead atoms. The van der Waals surface area contributed by atoms with Crippen LogP contribution in [-0.2, 0) is 26.7 Å². The quantitative estimate of drug-likeness (QED) is 0.448. The van der Waals surface area contributed by atoms with Crippen molar-refractivity contribution < 1.29 is 23.0 Å². The molecule has 1 aromatic carbocycles. The van der Waals surface area contributed by atoms with E-state index in [2.05, 4.69) is 14.8 Å². The Morgan fingerprint density at radius 3 is 2.32 bits per heavy atom. The second-order valence-electron chi connectivity index (χ2n) is 10.6. The Morgan fingerprint density at radius 1 is 1.18 bits per heavy atom. The van der Waals surface area contributed by atoms with Crippen LogP contribution in [0, 0.1) is 5.41 Å². The lowest BCUT2D eigenvalue weighted by Crippen LogP contribution is -2.39. The van der Waals surface area contributed by atoms with Gasteiger partial charge in [0, 0.05) is 12.2 Å². The van der Waals surface area contributed by atoms with Crippen molar-refractivity contribution in [2.24, 2.45) is 10.2 Å². The van der Waals surface area contributed by atoms with Gasteiger partial charge in [0.15, 0.2) is 5.84 Å². The smallest absolute Gasteiger partial charge is 0.346 e. The molecule has 1 aromatic heterocycles. The van der Waals surface area contributed by atoms with Crippen molar-refractivity contribution in [2.75, 3.05) is 16.3 Å². The van der Waals surface area contributed by atoms with Crippen LogP contribution >= 0.6 is 7.52 Å². The van der Waals surface area contributed by atoms with Crippen molar-refractivity contribution in [3.8, 4) is 5.88 Å². The van der Waals surface area contributed by atoms with Gasteiger partial charge in [0.1, 0.15) is 5.56 Å². The molecule has 0 saturated heterocycles. The van der Waals surface area contributed by atoms with E-state index >= 15 is 0 Å². The molecule has 4 N–H and O–H groups in total. The van der Waals surface area contributed by atoms with Crippen molar-refractivity contribution in [1.82, 2.24) is 9.36 Å². The molecule has 188 valence electrons. The third-order valence-corrected chi connectivity index (χ3v) is 7.24. The molecule has 11 nitrogen and oxygen atoms in total. The molecule has 3 rings (SSSR count). The van der Waals surface area contributed by atoms with E-state index in [0.29, 0.717) is 13.0 Å². The summed E-state index contributed by atoms with van der Waals surface area (Å²) in [7, 11) is -7.99. The van der Waals surface area contributed by atoms with Gasteiger partial charge in [0.2, 0.25) is 15.9 Å². The molecular weight excluding hydrogens is 481 g/mol. The monoisotopic (exact) mass is 513 g/mol. The van der Waals surface area contributed by atoms with Gasteiger partial charge in [-0.2, -0.15) is 4.76 Å². The first-order chi connectivity index (χ1) is 15.3. The van der Waals surface area contributed by atoms with E-state index in [0.717, 1.165) is 6.26 Å². The number of aromatic hydroxyl groups is 1. The Morgan fingerprint density at radius 2 is 1.79 bits per heavy atom. The maximum absolute atomic E-state index is 13.4. The van der Waals surface area contributed by atoms with Crippen molar-refractivity contribution in [3.63, 3.8) is 0 Å². The van der Waals surface area contributed by atoms with Gasteiger partial charge in [0.05, 0.1) is 22.8 Å². The Balaban J connectivity index is 2.14. The molecule has 0 spiro atoms. The van der Waals surface area contributed by atoms with Gasteiger partial charge in [-0.05, 0) is 50.8 Å². The van der Waals surface area contributed by atoms with Crippen molar-refractivity contribution in [3.05, 3.63) is 34.1 Å². The van der Waals surface area contributed by atoms with Crippen molar-refractivity contribution >= 4 is 40.1 Å². The second kappa shape index (κ2) is 8.28. The molecule has 34 heavy (non-hydrogen) atoms. The fourth-order valence-electron chi connectivity index (χ4n) is 3.67. The van der Waals surface area contributed by atoms with Crippen LogP contribution in [0.25, 0.3) is 0 Å². The van der Waals surface area contributed by atoms with Crippen molar-refractivity contribution in [2.45, 2.75) is 60.0 Å². The summed E-state index contributed by atoms with van der Waals surface area (Å²) >= 11 is 0. The molecule has 0 aliphatic carbocycles. The molecule has 2 heterocycles. The summed E-state index contributed by atoms with van der Waals surface area (Å²) in [5.74, 6) is -0.577. The van der Waals surface area contributed by atoms with Crippen LogP contribution in [0.3, 0.4) is 0 Å². The molecule has 0 amide bonds. The topological polar surface area (TPSA) is 155 Å². The number of sulfonamides is 1. The summed E-state index contributed by atoms with van der Waals surface area (Å²) in [6.07, 6.45) is 1.63. The fraction of sp³-hybridized carbons (Fsp3) is 0.524. The van der Waals surface area contributed by atoms with Gasteiger partial charge in [-0.15, -0.1) is 0 Å². The van der Waals surface area contributed by atoms with E-state index in [4.69, 9.17) is 0 Å². The van der Waals surface area contributed by atoms with Gasteiger partial charge in [-0.3, -0.25) is 18.8 Å². The summed E-state index contributed by atoms with van der Waals surface area (Å²) in [6.45, 7) is 12.0. The summed E-state index contributed by atoms with van der Waals surface area (Å²) < 4.78 is 45.2. The maximum Gasteiger partial charge on any atom is 0.346 e. The molecule has 2 aromatic rings. The standard InChI is InChI=1S/C21H32N5O6PS/c1-20(2,3)10-11-25-18(27)16(19(28)26(25)21(4,5)6)17-22-14-9-8-13(24-34(7,31)32)12-15(14)33(29,30)23-17/h8-9,12,24,27H,10-11H2,1-7H3,(H2,22,23,29,30). The van der Waals surface area contributed by atoms with Crippen LogP contribution in [0.4, 0.5) is 11.4 Å². The van der Waals surface area contributed by atoms with E-state index in [1.54, 1.807) is 0 Å². The zero-order chi connectivity index (χ0) is 25.9. The highest BCUT2D eigenvalue weighted by molar-refractivity contribution is 7.92. The van der Waals surface area contributed by atoms with Crippen LogP contribution in [0.5, 0.6) is 5.88 Å². The summed E-state index contributed by atoms with van der Waals surface area (Å²) in [4.78, 5) is 24.1. The summed E-state index contributed by atoms with van der Waals surface area (Å²) in [5, 5.41) is 13.8. The Bertz CT molecular complexity index is 1380. The molecule has 0 radical (unpaired) electrons. The highest BCUT2D eigenvalue weighted by atomic mass is 32.2. The number of hydrogen-bond donors (Lipinski definition) is 4. The Hall–Kier alpha value is -2.56. The number of nitrogens with one attached hydrogen (secondary N) is 2. The van der Waals surface area contributed by atoms with E-state index in [1.807, 2.05) is 41.5 Å². The molecule has 0 saturated carbocycles. The van der Waals surface area contributed by atoms with Crippen LogP contribution < -0.4 is 20.9 Å². The number of fused-ring (bicyclic) bond motifs is 1. The third-order valence-electron chi connectivity index (χ3n) is 5.16. The second-order valence-corrected chi connectivity index (χ2v) is 14.2. The first-order valence-corrected chi connectivity index (χ1v) is 14.2. The highest BCUT2D eigenvalue weighted by Crippen LogP contribution is 2.47. The molecule has 1 aliphatic heterocycles. The van der Waals surface area contributed by atoms with E-state index in [9.17, 15) is 27.8 Å². The van der Waals surface area contributed by atoms with E-state index < -0.39 is 28.6 Å². The minimum absolute atomic E-state index is 0.0618.